The van der Waals surface area contributed by atoms with E-state index in [2.05, 4.69) is 0 Å². The number of hydrogen-bond donors (Lipinski definition) is 4. The molecule has 0 aliphatic heterocycles. The molecule has 0 radical (unpaired) electrons. The van der Waals surface area contributed by atoms with Crippen LogP contribution in [0.4, 0.5) is 13.2 Å². The normalized spacial score (nSPS) is 14.1. The zero-order valence-corrected chi connectivity index (χ0v) is 9.65. The summed E-state index contributed by atoms with van der Waals surface area (Å²) in [7, 11) is 0. The molecule has 0 rings (SSSR count). The summed E-state index contributed by atoms with van der Waals surface area (Å²) in [5, 5.41) is 24.3. The van der Waals surface area contributed by atoms with Crippen LogP contribution in [0.15, 0.2) is 0 Å². The lowest BCUT2D eigenvalue weighted by atomic mass is 10.1. The van der Waals surface area contributed by atoms with E-state index in [0.29, 0.717) is 6.42 Å². The number of aliphatic hydroxyl groups excluding tert-OH is 1. The molecule has 0 spiro atoms. The Bertz CT molecular complexity index is 269. The first kappa shape index (κ1) is 19.0. The number of carboxylic acid groups (broad SMARTS) is 2. The molecule has 0 aliphatic rings. The number of carboxylic acids is 2. The summed E-state index contributed by atoms with van der Waals surface area (Å²) >= 11 is 0. The number of alkyl halides is 3. The van der Waals surface area contributed by atoms with Crippen molar-refractivity contribution in [2.24, 2.45) is 5.73 Å². The maximum absolute atomic E-state index is 10.6. The quantitative estimate of drug-likeness (QED) is 0.582. The highest BCUT2D eigenvalue weighted by Crippen LogP contribution is 2.13. The van der Waals surface area contributed by atoms with Crippen LogP contribution in [0.3, 0.4) is 0 Å². The predicted molar refractivity (Wildman–Crippen MR) is 54.8 cm³/mol. The molecule has 0 amide bonds. The second-order valence-electron chi connectivity index (χ2n) is 3.39. The maximum Gasteiger partial charge on any atom is 0.490 e. The van der Waals surface area contributed by atoms with Gasteiger partial charge < -0.3 is 21.1 Å². The van der Waals surface area contributed by atoms with Crippen molar-refractivity contribution in [1.29, 1.82) is 0 Å². The fourth-order valence-electron chi connectivity index (χ4n) is 0.781. The number of hydrogen-bond acceptors (Lipinski definition) is 4. The van der Waals surface area contributed by atoms with Crippen LogP contribution in [-0.2, 0) is 9.59 Å². The average Bonchev–Trinajstić information content (AvgIpc) is 2.24. The number of rotatable bonds is 5. The third kappa shape index (κ3) is 9.85. The van der Waals surface area contributed by atoms with Crippen LogP contribution in [0.25, 0.3) is 0 Å². The molecule has 108 valence electrons. The highest BCUT2D eigenvalue weighted by atomic mass is 19.4. The zero-order chi connectivity index (χ0) is 14.9. The minimum Gasteiger partial charge on any atom is -0.479 e. The molecule has 6 nitrogen and oxygen atoms in total. The molecule has 9 heteroatoms. The zero-order valence-electron chi connectivity index (χ0n) is 9.65. The molecule has 2 unspecified atom stereocenters. The van der Waals surface area contributed by atoms with E-state index in [9.17, 15) is 18.0 Å². The van der Waals surface area contributed by atoms with Crippen LogP contribution >= 0.6 is 0 Å². The Morgan fingerprint density at radius 1 is 1.28 bits per heavy atom. The molecule has 0 aromatic carbocycles. The second-order valence-corrected chi connectivity index (χ2v) is 3.39. The molecule has 0 heterocycles. The van der Waals surface area contributed by atoms with Gasteiger partial charge in [-0.2, -0.15) is 13.2 Å². The van der Waals surface area contributed by atoms with Crippen molar-refractivity contribution in [1.82, 2.24) is 0 Å². The molecule has 5 N–H and O–H groups in total. The van der Waals surface area contributed by atoms with Gasteiger partial charge in [0.2, 0.25) is 0 Å². The van der Waals surface area contributed by atoms with Gasteiger partial charge in [-0.3, -0.25) is 0 Å². The van der Waals surface area contributed by atoms with E-state index in [0.717, 1.165) is 12.8 Å². The topological polar surface area (TPSA) is 121 Å². The first-order valence-electron chi connectivity index (χ1n) is 5.00. The van der Waals surface area contributed by atoms with Gasteiger partial charge in [0.15, 0.2) is 6.10 Å². The summed E-state index contributed by atoms with van der Waals surface area (Å²) in [6.45, 7) is 1.99. The van der Waals surface area contributed by atoms with Crippen molar-refractivity contribution in [2.45, 2.75) is 44.5 Å². The number of unbranched alkanes of at least 4 members (excludes halogenated alkanes) is 1. The molecule has 0 bridgehead atoms. The fraction of sp³-hybridized carbons (Fsp3) is 0.778. The standard InChI is InChI=1S/C7H15NO3.C2HF3O2/c1-2-3-4-5(8)6(9)7(10)11;3-2(4,5)1(6)7/h5-6,9H,2-4,8H2,1H3,(H,10,11);(H,6,7). The summed E-state index contributed by atoms with van der Waals surface area (Å²) in [6, 6.07) is -0.632. The minimum absolute atomic E-state index is 0.559. The van der Waals surface area contributed by atoms with E-state index < -0.39 is 30.3 Å². The molecule has 2 atom stereocenters. The van der Waals surface area contributed by atoms with Crippen molar-refractivity contribution in [2.75, 3.05) is 0 Å². The SMILES string of the molecule is CCCCC(N)C(O)C(=O)O.O=C(O)C(F)(F)F. The number of nitrogens with two attached hydrogens (primary N) is 1. The molecular weight excluding hydrogens is 259 g/mol. The molecule has 0 aliphatic carbocycles. The highest BCUT2D eigenvalue weighted by molar-refractivity contribution is 5.73. The maximum atomic E-state index is 10.6. The number of aliphatic carboxylic acids is 2. The lowest BCUT2D eigenvalue weighted by molar-refractivity contribution is -0.192. The predicted octanol–water partition coefficient (Wildman–Crippen LogP) is 0.583. The van der Waals surface area contributed by atoms with Gasteiger partial charge in [-0.15, -0.1) is 0 Å². The molecule has 0 aromatic heterocycles. The van der Waals surface area contributed by atoms with Crippen LogP contribution in [0.2, 0.25) is 0 Å². The highest BCUT2D eigenvalue weighted by Gasteiger charge is 2.38. The van der Waals surface area contributed by atoms with Gasteiger partial charge in [-0.1, -0.05) is 19.8 Å². The lowest BCUT2D eigenvalue weighted by Gasteiger charge is -2.13. The van der Waals surface area contributed by atoms with E-state index >= 15 is 0 Å². The number of halogens is 3. The van der Waals surface area contributed by atoms with E-state index in [1.165, 1.54) is 0 Å². The molecule has 0 fully saturated rings. The van der Waals surface area contributed by atoms with Crippen LogP contribution in [0.1, 0.15) is 26.2 Å². The van der Waals surface area contributed by atoms with Crippen LogP contribution in [0.5, 0.6) is 0 Å². The first-order chi connectivity index (χ1) is 8.03. The Balaban J connectivity index is 0. The first-order valence-corrected chi connectivity index (χ1v) is 5.00. The average molecular weight is 275 g/mol. The van der Waals surface area contributed by atoms with E-state index in [-0.39, 0.29) is 0 Å². The Morgan fingerprint density at radius 2 is 1.67 bits per heavy atom. The van der Waals surface area contributed by atoms with Gasteiger partial charge in [-0.25, -0.2) is 9.59 Å². The third-order valence-corrected chi connectivity index (χ3v) is 1.79. The summed E-state index contributed by atoms with van der Waals surface area (Å²) in [6.07, 6.45) is -4.13. The van der Waals surface area contributed by atoms with Crippen molar-refractivity contribution in [3.8, 4) is 0 Å². The largest absolute Gasteiger partial charge is 0.490 e. The molecule has 0 aromatic rings. The summed E-state index contributed by atoms with van der Waals surface area (Å²) in [5.74, 6) is -4.00. The van der Waals surface area contributed by atoms with Gasteiger partial charge in [0.05, 0.1) is 0 Å². The van der Waals surface area contributed by atoms with E-state index in [4.69, 9.17) is 25.8 Å². The Kier molecular flexibility index (Phi) is 9.18. The molecule has 0 saturated heterocycles. The molecule has 0 saturated carbocycles. The van der Waals surface area contributed by atoms with Crippen molar-refractivity contribution < 1.29 is 38.1 Å². The van der Waals surface area contributed by atoms with Gasteiger partial charge in [0.25, 0.3) is 0 Å². The molecular formula is C9H16F3NO5. The smallest absolute Gasteiger partial charge is 0.479 e. The Labute approximate surface area is 101 Å². The monoisotopic (exact) mass is 275 g/mol. The van der Waals surface area contributed by atoms with Crippen molar-refractivity contribution in [3.63, 3.8) is 0 Å². The summed E-state index contributed by atoms with van der Waals surface area (Å²) in [5.41, 5.74) is 5.37. The van der Waals surface area contributed by atoms with Crippen LogP contribution in [0, 0.1) is 0 Å². The van der Waals surface area contributed by atoms with Gasteiger partial charge in [0.1, 0.15) is 0 Å². The number of carbonyl (C=O) groups is 2. The van der Waals surface area contributed by atoms with Gasteiger partial charge in [0, 0.05) is 6.04 Å². The summed E-state index contributed by atoms with van der Waals surface area (Å²) < 4.78 is 31.7. The fourth-order valence-corrected chi connectivity index (χ4v) is 0.781. The van der Waals surface area contributed by atoms with Crippen molar-refractivity contribution >= 4 is 11.9 Å². The second kappa shape index (κ2) is 8.70. The molecule has 18 heavy (non-hydrogen) atoms. The Morgan fingerprint density at radius 3 is 1.89 bits per heavy atom. The van der Waals surface area contributed by atoms with Crippen LogP contribution < -0.4 is 5.73 Å². The third-order valence-electron chi connectivity index (χ3n) is 1.79. The number of aliphatic hydroxyl groups is 1. The van der Waals surface area contributed by atoms with Crippen LogP contribution in [-0.4, -0.2) is 45.6 Å². The summed E-state index contributed by atoms with van der Waals surface area (Å²) in [4.78, 5) is 19.1. The van der Waals surface area contributed by atoms with Crippen molar-refractivity contribution in [3.05, 3.63) is 0 Å². The lowest BCUT2D eigenvalue weighted by Crippen LogP contribution is -2.40. The van der Waals surface area contributed by atoms with Gasteiger partial charge in [-0.05, 0) is 6.42 Å². The minimum atomic E-state index is -5.08. The Hall–Kier alpha value is -1.35. The van der Waals surface area contributed by atoms with Gasteiger partial charge >= 0.3 is 18.1 Å². The van der Waals surface area contributed by atoms with E-state index in [1.54, 1.807) is 0 Å². The van der Waals surface area contributed by atoms with E-state index in [1.807, 2.05) is 6.92 Å².